The van der Waals surface area contributed by atoms with E-state index in [1.807, 2.05) is 0 Å². The van der Waals surface area contributed by atoms with E-state index < -0.39 is 49.5 Å². The van der Waals surface area contributed by atoms with E-state index in [1.165, 1.54) is 0 Å². The van der Waals surface area contributed by atoms with Crippen LogP contribution in [-0.4, -0.2) is 26.7 Å². The van der Waals surface area contributed by atoms with E-state index in [0.717, 1.165) is 5.32 Å². The van der Waals surface area contributed by atoms with Gasteiger partial charge in [-0.25, -0.2) is 26.0 Å². The minimum absolute atomic E-state index is 0.127. The third-order valence-corrected chi connectivity index (χ3v) is 3.45. The maximum absolute atomic E-state index is 13.4. The zero-order valence-electron chi connectivity index (χ0n) is 9.51. The highest BCUT2D eigenvalue weighted by Crippen LogP contribution is 2.29. The molecule has 0 heterocycles. The largest absolute Gasteiger partial charge is 0.383 e. The van der Waals surface area contributed by atoms with Crippen LogP contribution in [0.2, 0.25) is 0 Å². The Morgan fingerprint density at radius 2 is 1.62 bits per heavy atom. The van der Waals surface area contributed by atoms with Crippen LogP contribution in [0.15, 0.2) is 17.0 Å². The number of nitrogens with one attached hydrogen (secondary N) is 1. The Morgan fingerprint density at radius 3 is 1.95 bits per heavy atom. The second-order valence-electron chi connectivity index (χ2n) is 3.58. The molecule has 1 amide bonds. The molecule has 0 aromatic heterocycles. The highest BCUT2D eigenvalue weighted by Gasteiger charge is 2.49. The Kier molecular flexibility index (Phi) is 4.78. The van der Waals surface area contributed by atoms with E-state index in [-0.39, 0.29) is 12.1 Å². The number of alkyl halides is 4. The Labute approximate surface area is 118 Å². The van der Waals surface area contributed by atoms with Gasteiger partial charge in [-0.05, 0) is 12.1 Å². The molecule has 0 radical (unpaired) electrons. The first-order valence-corrected chi connectivity index (χ1v) is 7.09. The molecule has 1 N–H and O–H groups in total. The number of carbonyl (C=O) groups excluding carboxylic acids is 1. The molecule has 0 unspecified atom stereocenters. The summed E-state index contributed by atoms with van der Waals surface area (Å²) in [6.45, 7) is 0. The summed E-state index contributed by atoms with van der Waals surface area (Å²) < 4.78 is 97.5. The van der Waals surface area contributed by atoms with E-state index in [9.17, 15) is 39.6 Å². The number of rotatable bonds is 4. The summed E-state index contributed by atoms with van der Waals surface area (Å²) >= 11 is 0. The van der Waals surface area contributed by atoms with Crippen molar-refractivity contribution in [1.29, 1.82) is 0 Å². The molecule has 1 aromatic carbocycles. The van der Waals surface area contributed by atoms with Crippen molar-refractivity contribution in [3.63, 3.8) is 0 Å². The normalized spacial score (nSPS) is 12.6. The number of anilines is 1. The van der Waals surface area contributed by atoms with Crippen molar-refractivity contribution >= 4 is 31.3 Å². The van der Waals surface area contributed by atoms with Gasteiger partial charge in [0, 0.05) is 10.7 Å². The van der Waals surface area contributed by atoms with Crippen molar-refractivity contribution in [3.8, 4) is 0 Å². The number of hydrogen-bond acceptors (Lipinski definition) is 3. The topological polar surface area (TPSA) is 63.2 Å². The molecule has 0 aliphatic rings. The number of hydrogen-bond donors (Lipinski definition) is 1. The van der Waals surface area contributed by atoms with Crippen LogP contribution < -0.4 is 5.32 Å². The van der Waals surface area contributed by atoms with Gasteiger partial charge < -0.3 is 5.32 Å². The lowest BCUT2D eigenvalue weighted by Gasteiger charge is -2.15. The maximum Gasteiger partial charge on any atom is 0.383 e. The van der Waals surface area contributed by atoms with Crippen LogP contribution in [0.3, 0.4) is 0 Å². The Hall–Kier alpha value is -1.49. The summed E-state index contributed by atoms with van der Waals surface area (Å²) in [5.41, 5.74) is -1.51. The molecule has 0 fully saturated rings. The smallest absolute Gasteiger partial charge is 0.316 e. The summed E-state index contributed by atoms with van der Waals surface area (Å²) in [4.78, 5) is 9.80. The van der Waals surface area contributed by atoms with E-state index in [1.54, 1.807) is 0 Å². The minimum Gasteiger partial charge on any atom is -0.316 e. The van der Waals surface area contributed by atoms with Crippen molar-refractivity contribution in [2.75, 3.05) is 5.32 Å². The molecule has 0 spiro atoms. The fraction of sp³-hybridized carbons (Fsp3) is 0.222. The van der Waals surface area contributed by atoms with Gasteiger partial charge in [-0.15, -0.1) is 0 Å². The van der Waals surface area contributed by atoms with Crippen molar-refractivity contribution < 1.29 is 39.6 Å². The Balaban J connectivity index is 3.21. The molecule has 4 nitrogen and oxygen atoms in total. The van der Waals surface area contributed by atoms with E-state index in [2.05, 4.69) is 0 Å². The number of benzene rings is 1. The van der Waals surface area contributed by atoms with Gasteiger partial charge in [-0.2, -0.15) is 8.78 Å². The van der Waals surface area contributed by atoms with Gasteiger partial charge >= 0.3 is 18.3 Å². The molecule has 0 bridgehead atoms. The Bertz CT molecular complexity index is 655. The molecule has 0 aliphatic carbocycles. The molecule has 0 saturated carbocycles. The average molecular weight is 356 g/mol. The average Bonchev–Trinajstić information content (AvgIpc) is 2.31. The molecular weight excluding hydrogens is 352 g/mol. The summed E-state index contributed by atoms with van der Waals surface area (Å²) in [5, 5.41) is 0.922. The lowest BCUT2D eigenvalue weighted by molar-refractivity contribution is -0.163. The third kappa shape index (κ3) is 3.79. The first-order chi connectivity index (χ1) is 9.37. The summed E-state index contributed by atoms with van der Waals surface area (Å²) in [6, 6.07) is 0.253. The fourth-order valence-electron chi connectivity index (χ4n) is 1.11. The Morgan fingerprint density at radius 1 is 1.19 bits per heavy atom. The van der Waals surface area contributed by atoms with Crippen LogP contribution in [0.1, 0.15) is 0 Å². The molecule has 0 saturated heterocycles. The monoisotopic (exact) mass is 355 g/mol. The second kappa shape index (κ2) is 5.72. The van der Waals surface area contributed by atoms with Crippen LogP contribution >= 0.6 is 10.7 Å². The van der Waals surface area contributed by atoms with Gasteiger partial charge in [0.25, 0.3) is 9.05 Å². The van der Waals surface area contributed by atoms with Gasteiger partial charge in [-0.1, -0.05) is 0 Å². The summed E-state index contributed by atoms with van der Waals surface area (Å²) in [7, 11) is 0.284. The lowest BCUT2D eigenvalue weighted by Crippen LogP contribution is -2.41. The van der Waals surface area contributed by atoms with Gasteiger partial charge in [-0.3, -0.25) is 4.79 Å². The second-order valence-corrected chi connectivity index (χ2v) is 6.14. The first kappa shape index (κ1) is 17.6. The first-order valence-electron chi connectivity index (χ1n) is 4.78. The van der Waals surface area contributed by atoms with Crippen LogP contribution in [0, 0.1) is 11.6 Å². The number of carbonyl (C=O) groups is 1. The molecule has 1 aromatic rings. The maximum atomic E-state index is 13.4. The van der Waals surface area contributed by atoms with Crippen LogP contribution in [0.25, 0.3) is 0 Å². The standard InChI is InChI=1S/C9H4ClF6NO3S/c10-21(19,20)3-1-4(11)6(5(12)2-3)17-8(18)9(15,16)7(13)14/h1-2,7H,(H,17,18). The van der Waals surface area contributed by atoms with Crippen molar-refractivity contribution in [1.82, 2.24) is 0 Å². The van der Waals surface area contributed by atoms with Crippen molar-refractivity contribution in [2.24, 2.45) is 0 Å². The minimum atomic E-state index is -5.18. The zero-order chi connectivity index (χ0) is 16.6. The van der Waals surface area contributed by atoms with Crippen LogP contribution in [-0.2, 0) is 13.8 Å². The predicted molar refractivity (Wildman–Crippen MR) is 59.0 cm³/mol. The molecule has 118 valence electrons. The quantitative estimate of drug-likeness (QED) is 0.667. The number of amides is 1. The third-order valence-electron chi connectivity index (χ3n) is 2.11. The van der Waals surface area contributed by atoms with Gasteiger partial charge in [0.15, 0.2) is 11.6 Å². The molecule has 0 atom stereocenters. The summed E-state index contributed by atoms with van der Waals surface area (Å²) in [6.07, 6.45) is -4.40. The van der Waals surface area contributed by atoms with E-state index in [0.29, 0.717) is 0 Å². The van der Waals surface area contributed by atoms with E-state index >= 15 is 0 Å². The molecule has 0 aliphatic heterocycles. The highest BCUT2D eigenvalue weighted by atomic mass is 35.7. The zero-order valence-corrected chi connectivity index (χ0v) is 11.1. The van der Waals surface area contributed by atoms with Crippen LogP contribution in [0.4, 0.5) is 32.0 Å². The van der Waals surface area contributed by atoms with Gasteiger partial charge in [0.1, 0.15) is 5.69 Å². The fourth-order valence-corrected chi connectivity index (χ4v) is 1.86. The van der Waals surface area contributed by atoms with Crippen molar-refractivity contribution in [3.05, 3.63) is 23.8 Å². The number of halogens is 7. The molecule has 21 heavy (non-hydrogen) atoms. The lowest BCUT2D eigenvalue weighted by atomic mass is 10.2. The molecule has 1 rings (SSSR count). The van der Waals surface area contributed by atoms with Gasteiger partial charge in [0.2, 0.25) is 0 Å². The van der Waals surface area contributed by atoms with Crippen molar-refractivity contribution in [2.45, 2.75) is 17.2 Å². The highest BCUT2D eigenvalue weighted by molar-refractivity contribution is 8.13. The summed E-state index contributed by atoms with van der Waals surface area (Å²) in [5.74, 6) is -11.4. The predicted octanol–water partition coefficient (Wildman–Crippen LogP) is 2.73. The van der Waals surface area contributed by atoms with Crippen LogP contribution in [0.5, 0.6) is 0 Å². The molecule has 12 heteroatoms. The SMILES string of the molecule is O=C(Nc1c(F)cc(S(=O)(=O)Cl)cc1F)C(F)(F)C(F)F. The van der Waals surface area contributed by atoms with Gasteiger partial charge in [0.05, 0.1) is 4.90 Å². The molecular formula is C9H4ClF6NO3S. The van der Waals surface area contributed by atoms with E-state index in [4.69, 9.17) is 10.7 Å².